The van der Waals surface area contributed by atoms with Gasteiger partial charge in [0.2, 0.25) is 0 Å². The highest BCUT2D eigenvalue weighted by Crippen LogP contribution is 2.27. The number of nitrogens with two attached hydrogens (primary N) is 1. The van der Waals surface area contributed by atoms with Crippen LogP contribution >= 0.6 is 0 Å². The van der Waals surface area contributed by atoms with Gasteiger partial charge in [-0.05, 0) is 48.4 Å². The summed E-state index contributed by atoms with van der Waals surface area (Å²) in [5.41, 5.74) is 9.41. The number of hydrogen-bond acceptors (Lipinski definition) is 2. The Morgan fingerprint density at radius 2 is 1.94 bits per heavy atom. The van der Waals surface area contributed by atoms with Crippen LogP contribution in [0.1, 0.15) is 38.3 Å². The fraction of sp³-hybridized carbons (Fsp3) is 0.571. The van der Waals surface area contributed by atoms with E-state index >= 15 is 0 Å². The molecule has 0 heterocycles. The van der Waals surface area contributed by atoms with Crippen molar-refractivity contribution in [1.82, 2.24) is 0 Å². The highest BCUT2D eigenvalue weighted by atomic mass is 16.5. The SMILES string of the molecule is CCc1cc(OC)c(N)cc1CCC(C)C. The average Bonchev–Trinajstić information content (AvgIpc) is 2.26. The van der Waals surface area contributed by atoms with Crippen LogP contribution in [0.25, 0.3) is 0 Å². The molecule has 2 N–H and O–H groups in total. The Balaban J connectivity index is 2.94. The lowest BCUT2D eigenvalue weighted by Gasteiger charge is -2.13. The van der Waals surface area contributed by atoms with Gasteiger partial charge >= 0.3 is 0 Å². The van der Waals surface area contributed by atoms with Crippen molar-refractivity contribution in [3.63, 3.8) is 0 Å². The van der Waals surface area contributed by atoms with Gasteiger partial charge in [0.05, 0.1) is 12.8 Å². The van der Waals surface area contributed by atoms with Crippen molar-refractivity contribution in [2.24, 2.45) is 5.92 Å². The minimum atomic E-state index is 0.730. The van der Waals surface area contributed by atoms with E-state index < -0.39 is 0 Å². The first-order valence-corrected chi connectivity index (χ1v) is 6.03. The molecule has 0 amide bonds. The normalized spacial score (nSPS) is 10.8. The van der Waals surface area contributed by atoms with E-state index in [1.54, 1.807) is 7.11 Å². The third-order valence-electron chi connectivity index (χ3n) is 2.92. The second-order valence-electron chi connectivity index (χ2n) is 4.65. The van der Waals surface area contributed by atoms with Gasteiger partial charge in [-0.25, -0.2) is 0 Å². The fourth-order valence-corrected chi connectivity index (χ4v) is 1.87. The van der Waals surface area contributed by atoms with Gasteiger partial charge in [-0.1, -0.05) is 20.8 Å². The molecule has 0 unspecified atom stereocenters. The largest absolute Gasteiger partial charge is 0.495 e. The van der Waals surface area contributed by atoms with Crippen molar-refractivity contribution in [3.8, 4) is 5.75 Å². The first-order valence-electron chi connectivity index (χ1n) is 6.03. The third kappa shape index (κ3) is 3.16. The molecule has 2 heteroatoms. The molecule has 0 bridgehead atoms. The Bertz CT molecular complexity index is 345. The standard InChI is InChI=1S/C14H23NO/c1-5-11-9-14(16-4)13(15)8-12(11)7-6-10(2)3/h8-10H,5-7,15H2,1-4H3. The molecule has 16 heavy (non-hydrogen) atoms. The predicted octanol–water partition coefficient (Wildman–Crippen LogP) is 3.43. The molecule has 90 valence electrons. The Kier molecular flexibility index (Phi) is 4.66. The van der Waals surface area contributed by atoms with Crippen LogP contribution < -0.4 is 10.5 Å². The molecule has 0 atom stereocenters. The maximum atomic E-state index is 5.94. The van der Waals surface area contributed by atoms with Crippen LogP contribution in [0.2, 0.25) is 0 Å². The topological polar surface area (TPSA) is 35.2 Å². The lowest BCUT2D eigenvalue weighted by Crippen LogP contribution is -2.01. The van der Waals surface area contributed by atoms with Gasteiger partial charge in [-0.2, -0.15) is 0 Å². The summed E-state index contributed by atoms with van der Waals surface area (Å²) in [7, 11) is 1.67. The second kappa shape index (κ2) is 5.78. The molecule has 0 saturated heterocycles. The van der Waals surface area contributed by atoms with Crippen molar-refractivity contribution < 1.29 is 4.74 Å². The molecule has 1 aromatic carbocycles. The lowest BCUT2D eigenvalue weighted by molar-refractivity contribution is 0.416. The number of methoxy groups -OCH3 is 1. The second-order valence-corrected chi connectivity index (χ2v) is 4.65. The van der Waals surface area contributed by atoms with E-state index in [-0.39, 0.29) is 0 Å². The average molecular weight is 221 g/mol. The highest BCUT2D eigenvalue weighted by Gasteiger charge is 2.07. The van der Waals surface area contributed by atoms with Crippen LogP contribution in [0, 0.1) is 5.92 Å². The first kappa shape index (κ1) is 12.9. The zero-order chi connectivity index (χ0) is 12.1. The number of rotatable bonds is 5. The molecular weight excluding hydrogens is 198 g/mol. The van der Waals surface area contributed by atoms with Crippen LogP contribution in [0.4, 0.5) is 5.69 Å². The smallest absolute Gasteiger partial charge is 0.142 e. The Labute approximate surface area is 98.8 Å². The molecule has 1 aromatic rings. The number of ether oxygens (including phenoxy) is 1. The van der Waals surface area contributed by atoms with E-state index in [4.69, 9.17) is 10.5 Å². The molecule has 0 aromatic heterocycles. The number of anilines is 1. The summed E-state index contributed by atoms with van der Waals surface area (Å²) >= 11 is 0. The number of aryl methyl sites for hydroxylation is 2. The maximum Gasteiger partial charge on any atom is 0.142 e. The zero-order valence-electron chi connectivity index (χ0n) is 10.8. The van der Waals surface area contributed by atoms with Crippen molar-refractivity contribution in [1.29, 1.82) is 0 Å². The van der Waals surface area contributed by atoms with Gasteiger partial charge < -0.3 is 10.5 Å². The predicted molar refractivity (Wildman–Crippen MR) is 69.9 cm³/mol. The summed E-state index contributed by atoms with van der Waals surface area (Å²) in [6.07, 6.45) is 3.35. The summed E-state index contributed by atoms with van der Waals surface area (Å²) in [5.74, 6) is 1.53. The van der Waals surface area contributed by atoms with Crippen molar-refractivity contribution >= 4 is 5.69 Å². The molecule has 0 radical (unpaired) electrons. The summed E-state index contributed by atoms with van der Waals surface area (Å²) in [6.45, 7) is 6.67. The molecule has 2 nitrogen and oxygen atoms in total. The van der Waals surface area contributed by atoms with Gasteiger partial charge in [-0.3, -0.25) is 0 Å². The van der Waals surface area contributed by atoms with Gasteiger partial charge in [0.15, 0.2) is 0 Å². The summed E-state index contributed by atoms with van der Waals surface area (Å²) in [6, 6.07) is 4.14. The quantitative estimate of drug-likeness (QED) is 0.773. The maximum absolute atomic E-state index is 5.94. The van der Waals surface area contributed by atoms with E-state index in [9.17, 15) is 0 Å². The van der Waals surface area contributed by atoms with Gasteiger partial charge in [0.1, 0.15) is 5.75 Å². The zero-order valence-corrected chi connectivity index (χ0v) is 10.8. The summed E-state index contributed by atoms with van der Waals surface area (Å²) < 4.78 is 5.24. The van der Waals surface area contributed by atoms with E-state index in [2.05, 4.69) is 32.9 Å². The number of benzene rings is 1. The van der Waals surface area contributed by atoms with Gasteiger partial charge in [0, 0.05) is 0 Å². The van der Waals surface area contributed by atoms with Crippen LogP contribution in [-0.2, 0) is 12.8 Å². The van der Waals surface area contributed by atoms with E-state index in [0.717, 1.165) is 30.2 Å². The number of nitrogen functional groups attached to an aromatic ring is 1. The van der Waals surface area contributed by atoms with Crippen LogP contribution in [0.3, 0.4) is 0 Å². The molecule has 0 aliphatic rings. The van der Waals surface area contributed by atoms with E-state index in [1.807, 2.05) is 0 Å². The van der Waals surface area contributed by atoms with Crippen LogP contribution in [0.5, 0.6) is 5.75 Å². The summed E-state index contributed by atoms with van der Waals surface area (Å²) in [4.78, 5) is 0. The fourth-order valence-electron chi connectivity index (χ4n) is 1.87. The number of hydrogen-bond donors (Lipinski definition) is 1. The first-order chi connectivity index (χ1) is 7.58. The van der Waals surface area contributed by atoms with Gasteiger partial charge in [0.25, 0.3) is 0 Å². The lowest BCUT2D eigenvalue weighted by atomic mass is 9.96. The molecule has 1 rings (SSSR count). The van der Waals surface area contributed by atoms with E-state index in [0.29, 0.717) is 0 Å². The third-order valence-corrected chi connectivity index (χ3v) is 2.92. The highest BCUT2D eigenvalue weighted by molar-refractivity contribution is 5.57. The van der Waals surface area contributed by atoms with Crippen molar-refractivity contribution in [2.75, 3.05) is 12.8 Å². The molecule has 0 aliphatic carbocycles. The molecule has 0 saturated carbocycles. The van der Waals surface area contributed by atoms with E-state index in [1.165, 1.54) is 17.5 Å². The summed E-state index contributed by atoms with van der Waals surface area (Å²) in [5, 5.41) is 0. The Morgan fingerprint density at radius 1 is 1.25 bits per heavy atom. The minimum Gasteiger partial charge on any atom is -0.495 e. The molecule has 0 spiro atoms. The molecule has 0 fully saturated rings. The molecular formula is C14H23NO. The van der Waals surface area contributed by atoms with Crippen molar-refractivity contribution in [3.05, 3.63) is 23.3 Å². The van der Waals surface area contributed by atoms with Crippen molar-refractivity contribution in [2.45, 2.75) is 40.0 Å². The van der Waals surface area contributed by atoms with Gasteiger partial charge in [-0.15, -0.1) is 0 Å². The van der Waals surface area contributed by atoms with Crippen LogP contribution in [-0.4, -0.2) is 7.11 Å². The minimum absolute atomic E-state index is 0.730. The van der Waals surface area contributed by atoms with Crippen LogP contribution in [0.15, 0.2) is 12.1 Å². The molecule has 0 aliphatic heterocycles. The monoisotopic (exact) mass is 221 g/mol. The Hall–Kier alpha value is -1.18. The Morgan fingerprint density at radius 3 is 2.44 bits per heavy atom.